The molecule has 0 spiro atoms. The summed E-state index contributed by atoms with van der Waals surface area (Å²) in [6.07, 6.45) is 0. The maximum absolute atomic E-state index is 12.0. The van der Waals surface area contributed by atoms with Gasteiger partial charge in [0.25, 0.3) is 5.22 Å². The van der Waals surface area contributed by atoms with Crippen molar-refractivity contribution in [3.8, 4) is 11.5 Å². The summed E-state index contributed by atoms with van der Waals surface area (Å²) in [5.41, 5.74) is 2.70. The molecule has 7 heteroatoms. The molecular formula is C17H14BrN3O2S. The number of carbonyl (C=O) groups excluding carboxylic acids is 1. The number of benzene rings is 2. The first-order valence-corrected chi connectivity index (χ1v) is 8.97. The molecule has 0 unspecified atom stereocenters. The van der Waals surface area contributed by atoms with Crippen LogP contribution in [-0.4, -0.2) is 21.9 Å². The van der Waals surface area contributed by atoms with Crippen molar-refractivity contribution < 1.29 is 9.21 Å². The van der Waals surface area contributed by atoms with Gasteiger partial charge in [0.15, 0.2) is 0 Å². The number of aromatic nitrogens is 2. The molecule has 2 aromatic carbocycles. The van der Waals surface area contributed by atoms with E-state index in [1.165, 1.54) is 11.8 Å². The Morgan fingerprint density at radius 3 is 2.83 bits per heavy atom. The van der Waals surface area contributed by atoms with Gasteiger partial charge >= 0.3 is 0 Å². The molecule has 0 aliphatic rings. The molecule has 0 radical (unpaired) electrons. The second-order valence-corrected chi connectivity index (χ2v) is 6.88. The summed E-state index contributed by atoms with van der Waals surface area (Å²) in [4.78, 5) is 12.0. The summed E-state index contributed by atoms with van der Waals surface area (Å²) in [6.45, 7) is 1.98. The molecule has 5 nitrogen and oxygen atoms in total. The lowest BCUT2D eigenvalue weighted by molar-refractivity contribution is -0.113. The molecule has 0 aliphatic heterocycles. The quantitative estimate of drug-likeness (QED) is 0.633. The summed E-state index contributed by atoms with van der Waals surface area (Å²) < 4.78 is 6.53. The first kappa shape index (κ1) is 16.7. The molecule has 1 heterocycles. The summed E-state index contributed by atoms with van der Waals surface area (Å²) >= 11 is 4.58. The number of aryl methyl sites for hydroxylation is 1. The number of amides is 1. The van der Waals surface area contributed by atoms with Gasteiger partial charge < -0.3 is 9.73 Å². The molecule has 0 atom stereocenters. The molecule has 0 bridgehead atoms. The maximum Gasteiger partial charge on any atom is 0.277 e. The Morgan fingerprint density at radius 1 is 1.21 bits per heavy atom. The fourth-order valence-corrected chi connectivity index (χ4v) is 3.04. The van der Waals surface area contributed by atoms with Gasteiger partial charge in [-0.15, -0.1) is 10.2 Å². The third-order valence-corrected chi connectivity index (χ3v) is 4.53. The zero-order chi connectivity index (χ0) is 16.9. The standard InChI is InChI=1S/C17H14BrN3O2S/c1-11-5-2-3-8-14(11)16-20-21-17(23-16)24-10-15(22)19-13-7-4-6-12(18)9-13/h2-9H,10H2,1H3,(H,19,22). The highest BCUT2D eigenvalue weighted by molar-refractivity contribution is 9.10. The van der Waals surface area contributed by atoms with Crippen LogP contribution in [0, 0.1) is 6.92 Å². The van der Waals surface area contributed by atoms with E-state index in [2.05, 4.69) is 31.4 Å². The van der Waals surface area contributed by atoms with Crippen LogP contribution in [0.15, 0.2) is 62.6 Å². The largest absolute Gasteiger partial charge is 0.411 e. The summed E-state index contributed by atoms with van der Waals surface area (Å²) in [5.74, 6) is 0.527. The highest BCUT2D eigenvalue weighted by Crippen LogP contribution is 2.25. The third-order valence-electron chi connectivity index (χ3n) is 3.22. The number of hydrogen-bond acceptors (Lipinski definition) is 5. The number of hydrogen-bond donors (Lipinski definition) is 1. The Morgan fingerprint density at radius 2 is 2.04 bits per heavy atom. The molecule has 0 fully saturated rings. The van der Waals surface area contributed by atoms with Crippen LogP contribution in [0.5, 0.6) is 0 Å². The molecule has 122 valence electrons. The minimum Gasteiger partial charge on any atom is -0.411 e. The number of thioether (sulfide) groups is 1. The van der Waals surface area contributed by atoms with Gasteiger partial charge in [-0.05, 0) is 36.8 Å². The van der Waals surface area contributed by atoms with Gasteiger partial charge in [-0.2, -0.15) is 0 Å². The number of nitrogens with zero attached hydrogens (tertiary/aromatic N) is 2. The first-order valence-electron chi connectivity index (χ1n) is 7.19. The van der Waals surface area contributed by atoms with Crippen molar-refractivity contribution in [2.24, 2.45) is 0 Å². The van der Waals surface area contributed by atoms with Crippen LogP contribution in [0.2, 0.25) is 0 Å². The lowest BCUT2D eigenvalue weighted by Crippen LogP contribution is -2.13. The molecule has 1 N–H and O–H groups in total. The summed E-state index contributed by atoms with van der Waals surface area (Å²) in [6, 6.07) is 15.2. The van der Waals surface area contributed by atoms with Crippen molar-refractivity contribution in [3.63, 3.8) is 0 Å². The Kier molecular flexibility index (Phi) is 5.32. The van der Waals surface area contributed by atoms with Crippen molar-refractivity contribution >= 4 is 39.3 Å². The smallest absolute Gasteiger partial charge is 0.277 e. The lowest BCUT2D eigenvalue weighted by Gasteiger charge is -2.04. The van der Waals surface area contributed by atoms with Crippen molar-refractivity contribution in [1.29, 1.82) is 0 Å². The van der Waals surface area contributed by atoms with Gasteiger partial charge in [0, 0.05) is 15.7 Å². The van der Waals surface area contributed by atoms with Gasteiger partial charge in [-0.25, -0.2) is 0 Å². The Bertz CT molecular complexity index is 866. The molecular weight excluding hydrogens is 390 g/mol. The number of nitrogens with one attached hydrogen (secondary N) is 1. The van der Waals surface area contributed by atoms with E-state index in [4.69, 9.17) is 4.42 Å². The summed E-state index contributed by atoms with van der Waals surface area (Å²) in [7, 11) is 0. The van der Waals surface area contributed by atoms with E-state index in [0.717, 1.165) is 21.3 Å². The summed E-state index contributed by atoms with van der Waals surface area (Å²) in [5, 5.41) is 11.2. The minimum absolute atomic E-state index is 0.131. The Balaban J connectivity index is 1.59. The van der Waals surface area contributed by atoms with Crippen LogP contribution in [-0.2, 0) is 4.79 Å². The van der Waals surface area contributed by atoms with Crippen molar-refractivity contribution in [3.05, 3.63) is 58.6 Å². The first-order chi connectivity index (χ1) is 11.6. The predicted molar refractivity (Wildman–Crippen MR) is 98.0 cm³/mol. The van der Waals surface area contributed by atoms with E-state index in [9.17, 15) is 4.79 Å². The van der Waals surface area contributed by atoms with Crippen LogP contribution < -0.4 is 5.32 Å². The van der Waals surface area contributed by atoms with Crippen molar-refractivity contribution in [1.82, 2.24) is 10.2 Å². The fraction of sp³-hybridized carbons (Fsp3) is 0.118. The molecule has 0 saturated heterocycles. The van der Waals surface area contributed by atoms with E-state index in [1.54, 1.807) is 0 Å². The Hall–Kier alpha value is -2.12. The molecule has 3 rings (SSSR count). The molecule has 3 aromatic rings. The van der Waals surface area contributed by atoms with Crippen molar-refractivity contribution in [2.45, 2.75) is 12.1 Å². The second kappa shape index (κ2) is 7.63. The highest BCUT2D eigenvalue weighted by atomic mass is 79.9. The molecule has 1 aromatic heterocycles. The van der Waals surface area contributed by atoms with Gasteiger partial charge in [0.2, 0.25) is 11.8 Å². The number of carbonyl (C=O) groups is 1. The average Bonchev–Trinajstić information content (AvgIpc) is 3.02. The number of halogens is 1. The number of rotatable bonds is 5. The van der Waals surface area contributed by atoms with Crippen molar-refractivity contribution in [2.75, 3.05) is 11.1 Å². The van der Waals surface area contributed by atoms with E-state index in [1.807, 2.05) is 55.5 Å². The van der Waals surface area contributed by atoms with Crippen LogP contribution in [0.25, 0.3) is 11.5 Å². The lowest BCUT2D eigenvalue weighted by atomic mass is 10.1. The van der Waals surface area contributed by atoms with E-state index in [-0.39, 0.29) is 11.7 Å². The predicted octanol–water partition coefficient (Wildman–Crippen LogP) is 4.54. The average molecular weight is 404 g/mol. The second-order valence-electron chi connectivity index (χ2n) is 5.04. The van der Waals surface area contributed by atoms with E-state index >= 15 is 0 Å². The fourth-order valence-electron chi connectivity index (χ4n) is 2.08. The molecule has 0 saturated carbocycles. The van der Waals surface area contributed by atoms with Gasteiger partial charge in [-0.3, -0.25) is 4.79 Å². The normalized spacial score (nSPS) is 10.6. The van der Waals surface area contributed by atoms with Gasteiger partial charge in [0.1, 0.15) is 0 Å². The van der Waals surface area contributed by atoms with Gasteiger partial charge in [0.05, 0.1) is 5.75 Å². The van der Waals surface area contributed by atoms with Gasteiger partial charge in [-0.1, -0.05) is 52.0 Å². The van der Waals surface area contributed by atoms with E-state index in [0.29, 0.717) is 11.1 Å². The maximum atomic E-state index is 12.0. The topological polar surface area (TPSA) is 68.0 Å². The SMILES string of the molecule is Cc1ccccc1-c1nnc(SCC(=O)Nc2cccc(Br)c2)o1. The zero-order valence-electron chi connectivity index (χ0n) is 12.8. The van der Waals surface area contributed by atoms with Crippen LogP contribution >= 0.6 is 27.7 Å². The van der Waals surface area contributed by atoms with E-state index < -0.39 is 0 Å². The molecule has 1 amide bonds. The van der Waals surface area contributed by atoms with Crippen LogP contribution in [0.3, 0.4) is 0 Å². The highest BCUT2D eigenvalue weighted by Gasteiger charge is 2.12. The van der Waals surface area contributed by atoms with Crippen LogP contribution in [0.1, 0.15) is 5.56 Å². The number of anilines is 1. The third kappa shape index (κ3) is 4.24. The van der Waals surface area contributed by atoms with Crippen LogP contribution in [0.4, 0.5) is 5.69 Å². The minimum atomic E-state index is -0.131. The monoisotopic (exact) mass is 403 g/mol. The molecule has 0 aliphatic carbocycles. The zero-order valence-corrected chi connectivity index (χ0v) is 15.2. The Labute approximate surface area is 152 Å². The molecule has 24 heavy (non-hydrogen) atoms.